The number of carbonyl (C=O) groups excluding carboxylic acids is 2. The summed E-state index contributed by atoms with van der Waals surface area (Å²) in [7, 11) is 2.76. The summed E-state index contributed by atoms with van der Waals surface area (Å²) in [5.41, 5.74) is -1.45. The average molecular weight is 283 g/mol. The van der Waals surface area contributed by atoms with Crippen molar-refractivity contribution in [2.24, 2.45) is 7.05 Å². The summed E-state index contributed by atoms with van der Waals surface area (Å²) in [5, 5.41) is 2.55. The maximum atomic E-state index is 11.8. The molecule has 0 aromatic carbocycles. The number of rotatable bonds is 6. The molecule has 0 aliphatic carbocycles. The number of nitrogens with one attached hydrogen (secondary N) is 1. The summed E-state index contributed by atoms with van der Waals surface area (Å²) in [6.45, 7) is 1.63. The Kier molecular flexibility index (Phi) is 5.39. The van der Waals surface area contributed by atoms with Crippen molar-refractivity contribution in [2.45, 2.75) is 13.5 Å². The van der Waals surface area contributed by atoms with Crippen LogP contribution in [-0.4, -0.2) is 41.1 Å². The normalized spacial score (nSPS) is 10.3. The van der Waals surface area contributed by atoms with Crippen LogP contribution in [-0.2, 0) is 23.1 Å². The van der Waals surface area contributed by atoms with Gasteiger partial charge in [0.2, 0.25) is 5.91 Å². The molecule has 0 unspecified atom stereocenters. The molecular weight excluding hydrogens is 266 g/mol. The van der Waals surface area contributed by atoms with Gasteiger partial charge in [0.25, 0.3) is 5.56 Å². The molecule has 1 rings (SSSR count). The summed E-state index contributed by atoms with van der Waals surface area (Å²) in [6, 6.07) is 0. The second kappa shape index (κ2) is 6.80. The molecule has 20 heavy (non-hydrogen) atoms. The first kappa shape index (κ1) is 15.8. The van der Waals surface area contributed by atoms with E-state index in [1.807, 2.05) is 0 Å². The van der Waals surface area contributed by atoms with Gasteiger partial charge in [-0.05, 0) is 6.92 Å². The van der Waals surface area contributed by atoms with E-state index in [-0.39, 0.29) is 12.1 Å². The number of ether oxygens (including phenoxy) is 1. The highest BCUT2D eigenvalue weighted by molar-refractivity contribution is 5.93. The predicted molar refractivity (Wildman–Crippen MR) is 70.8 cm³/mol. The van der Waals surface area contributed by atoms with Crippen LogP contribution in [0.5, 0.6) is 0 Å². The number of amides is 1. The second-order valence-corrected chi connectivity index (χ2v) is 4.22. The highest BCUT2D eigenvalue weighted by Gasteiger charge is 2.13. The first-order valence-corrected chi connectivity index (χ1v) is 5.95. The zero-order valence-corrected chi connectivity index (χ0v) is 11.6. The Hall–Kier alpha value is -2.22. The minimum Gasteiger partial charge on any atom is -0.383 e. The summed E-state index contributed by atoms with van der Waals surface area (Å²) in [5.74, 6) is -0.864. The quantitative estimate of drug-likeness (QED) is 0.506. The van der Waals surface area contributed by atoms with Gasteiger partial charge >= 0.3 is 5.69 Å². The Morgan fingerprint density at radius 2 is 2.00 bits per heavy atom. The third-order valence-electron chi connectivity index (χ3n) is 2.67. The monoisotopic (exact) mass is 283 g/mol. The molecule has 1 aromatic rings. The molecular formula is C12H17N3O5. The number of Topliss-reactive ketones (excluding diaryl/α,β-unsaturated/α-hetero) is 1. The van der Waals surface area contributed by atoms with E-state index in [4.69, 9.17) is 4.74 Å². The molecule has 0 saturated heterocycles. The lowest BCUT2D eigenvalue weighted by molar-refractivity contribution is -0.121. The van der Waals surface area contributed by atoms with Gasteiger partial charge in [-0.25, -0.2) is 4.79 Å². The molecule has 0 atom stereocenters. The molecule has 1 heterocycles. The van der Waals surface area contributed by atoms with Gasteiger partial charge in [-0.15, -0.1) is 0 Å². The molecule has 0 spiro atoms. The second-order valence-electron chi connectivity index (χ2n) is 4.22. The molecule has 0 aliphatic rings. The highest BCUT2D eigenvalue weighted by atomic mass is 16.5. The van der Waals surface area contributed by atoms with E-state index in [1.54, 1.807) is 0 Å². The van der Waals surface area contributed by atoms with Gasteiger partial charge in [0.1, 0.15) is 6.54 Å². The third kappa shape index (κ3) is 3.64. The molecule has 1 aromatic heterocycles. The SMILES string of the molecule is COCCNC(=O)Cn1cc(C(C)=O)c(=O)n(C)c1=O. The van der Waals surface area contributed by atoms with Gasteiger partial charge in [0.05, 0.1) is 12.2 Å². The molecule has 0 fully saturated rings. The van der Waals surface area contributed by atoms with E-state index < -0.39 is 22.9 Å². The Balaban J connectivity index is 3.02. The number of hydrogen-bond donors (Lipinski definition) is 1. The van der Waals surface area contributed by atoms with E-state index in [0.29, 0.717) is 13.2 Å². The van der Waals surface area contributed by atoms with Gasteiger partial charge in [-0.2, -0.15) is 0 Å². The number of carbonyl (C=O) groups is 2. The Morgan fingerprint density at radius 3 is 2.55 bits per heavy atom. The molecule has 0 radical (unpaired) electrons. The van der Waals surface area contributed by atoms with Crippen molar-refractivity contribution in [2.75, 3.05) is 20.3 Å². The number of aromatic nitrogens is 2. The van der Waals surface area contributed by atoms with Crippen LogP contribution in [0.1, 0.15) is 17.3 Å². The molecule has 0 saturated carbocycles. The number of ketones is 1. The minimum atomic E-state index is -0.668. The Morgan fingerprint density at radius 1 is 1.35 bits per heavy atom. The smallest absolute Gasteiger partial charge is 0.331 e. The largest absolute Gasteiger partial charge is 0.383 e. The molecule has 8 nitrogen and oxygen atoms in total. The summed E-state index contributed by atoms with van der Waals surface area (Å²) >= 11 is 0. The van der Waals surface area contributed by atoms with Crippen molar-refractivity contribution in [3.05, 3.63) is 32.6 Å². The summed E-state index contributed by atoms with van der Waals surface area (Å²) in [4.78, 5) is 46.5. The fourth-order valence-corrected chi connectivity index (χ4v) is 1.58. The van der Waals surface area contributed by atoms with Crippen LogP contribution in [0.4, 0.5) is 0 Å². The van der Waals surface area contributed by atoms with Gasteiger partial charge in [-0.1, -0.05) is 0 Å². The van der Waals surface area contributed by atoms with E-state index >= 15 is 0 Å². The third-order valence-corrected chi connectivity index (χ3v) is 2.67. The first-order valence-electron chi connectivity index (χ1n) is 5.95. The van der Waals surface area contributed by atoms with Gasteiger partial charge in [0, 0.05) is 26.9 Å². The Labute approximate surface area is 115 Å². The summed E-state index contributed by atoms with van der Waals surface area (Å²) < 4.78 is 6.61. The van der Waals surface area contributed by atoms with Crippen molar-refractivity contribution < 1.29 is 14.3 Å². The molecule has 0 aliphatic heterocycles. The first-order chi connectivity index (χ1) is 9.38. The van der Waals surface area contributed by atoms with Crippen LogP contribution in [0.15, 0.2) is 15.8 Å². The van der Waals surface area contributed by atoms with Crippen LogP contribution >= 0.6 is 0 Å². The highest BCUT2D eigenvalue weighted by Crippen LogP contribution is 1.91. The van der Waals surface area contributed by atoms with Crippen LogP contribution in [0.25, 0.3) is 0 Å². The molecule has 110 valence electrons. The number of nitrogens with zero attached hydrogens (tertiary/aromatic N) is 2. The fourth-order valence-electron chi connectivity index (χ4n) is 1.58. The molecule has 1 N–H and O–H groups in total. The van der Waals surface area contributed by atoms with Crippen molar-refractivity contribution in [3.8, 4) is 0 Å². The predicted octanol–water partition coefficient (Wildman–Crippen LogP) is -1.49. The zero-order chi connectivity index (χ0) is 15.3. The van der Waals surface area contributed by atoms with Crippen molar-refractivity contribution in [1.82, 2.24) is 14.5 Å². The lowest BCUT2D eigenvalue weighted by Gasteiger charge is -2.09. The summed E-state index contributed by atoms with van der Waals surface area (Å²) in [6.07, 6.45) is 1.11. The Bertz CT molecular complexity index is 629. The topological polar surface area (TPSA) is 99.4 Å². The van der Waals surface area contributed by atoms with E-state index in [1.165, 1.54) is 21.1 Å². The van der Waals surface area contributed by atoms with Crippen LogP contribution in [0.3, 0.4) is 0 Å². The van der Waals surface area contributed by atoms with Crippen molar-refractivity contribution in [3.63, 3.8) is 0 Å². The van der Waals surface area contributed by atoms with Gasteiger partial charge < -0.3 is 10.1 Å². The fraction of sp³-hybridized carbons (Fsp3) is 0.500. The van der Waals surface area contributed by atoms with E-state index in [2.05, 4.69) is 5.32 Å². The standard InChI is InChI=1S/C12H17N3O5/c1-8(16)9-6-15(12(19)14(2)11(9)18)7-10(17)13-4-5-20-3/h6H,4-5,7H2,1-3H3,(H,13,17). The van der Waals surface area contributed by atoms with Gasteiger partial charge in [-0.3, -0.25) is 23.5 Å². The molecule has 1 amide bonds. The van der Waals surface area contributed by atoms with Crippen LogP contribution < -0.4 is 16.6 Å². The van der Waals surface area contributed by atoms with Crippen molar-refractivity contribution in [1.29, 1.82) is 0 Å². The minimum absolute atomic E-state index is 0.128. The maximum Gasteiger partial charge on any atom is 0.331 e. The van der Waals surface area contributed by atoms with E-state index in [0.717, 1.165) is 15.3 Å². The van der Waals surface area contributed by atoms with Crippen molar-refractivity contribution >= 4 is 11.7 Å². The molecule has 0 bridgehead atoms. The van der Waals surface area contributed by atoms with Crippen LogP contribution in [0, 0.1) is 0 Å². The lowest BCUT2D eigenvalue weighted by atomic mass is 10.2. The molecule has 8 heteroatoms. The maximum absolute atomic E-state index is 11.8. The zero-order valence-electron chi connectivity index (χ0n) is 11.6. The lowest BCUT2D eigenvalue weighted by Crippen LogP contribution is -2.43. The average Bonchev–Trinajstić information content (AvgIpc) is 2.39. The number of methoxy groups -OCH3 is 1. The number of hydrogen-bond acceptors (Lipinski definition) is 5. The van der Waals surface area contributed by atoms with E-state index in [9.17, 15) is 19.2 Å². The van der Waals surface area contributed by atoms with Crippen LogP contribution in [0.2, 0.25) is 0 Å². The van der Waals surface area contributed by atoms with Gasteiger partial charge in [0.15, 0.2) is 5.78 Å².